The maximum atomic E-state index is 12.2. The molecule has 0 saturated carbocycles. The summed E-state index contributed by atoms with van der Waals surface area (Å²) in [6, 6.07) is 7.43. The third-order valence-corrected chi connectivity index (χ3v) is 3.67. The number of carbonyl (C=O) groups is 1. The second-order valence-electron chi connectivity index (χ2n) is 7.32. The Morgan fingerprint density at radius 1 is 1.23 bits per heavy atom. The van der Waals surface area contributed by atoms with E-state index in [0.717, 1.165) is 23.4 Å². The number of carbonyl (C=O) groups excluding carboxylic acids is 1. The van der Waals surface area contributed by atoms with Crippen LogP contribution in [0, 0.1) is 5.41 Å². The molecule has 2 aromatic rings. The molecule has 7 nitrogen and oxygen atoms in total. The second kappa shape index (κ2) is 8.51. The summed E-state index contributed by atoms with van der Waals surface area (Å²) in [6.07, 6.45) is 1.94. The van der Waals surface area contributed by atoms with Crippen LogP contribution >= 0.6 is 0 Å². The lowest BCUT2D eigenvalue weighted by atomic mass is 9.97. The van der Waals surface area contributed by atoms with E-state index in [9.17, 15) is 4.79 Å². The summed E-state index contributed by atoms with van der Waals surface area (Å²) in [4.78, 5) is 20.5. The highest BCUT2D eigenvalue weighted by Gasteiger charge is 2.13. The molecule has 1 amide bonds. The molecule has 26 heavy (non-hydrogen) atoms. The van der Waals surface area contributed by atoms with Crippen LogP contribution in [0.2, 0.25) is 0 Å². The molecule has 0 aliphatic carbocycles. The largest absolute Gasteiger partial charge is 0.497 e. The number of hydrogen-bond acceptors (Lipinski definition) is 6. The van der Waals surface area contributed by atoms with Crippen LogP contribution in [0.5, 0.6) is 5.75 Å². The molecular weight excluding hydrogens is 330 g/mol. The first-order valence-electron chi connectivity index (χ1n) is 8.52. The van der Waals surface area contributed by atoms with Gasteiger partial charge in [-0.3, -0.25) is 4.79 Å². The Hall–Kier alpha value is -2.83. The summed E-state index contributed by atoms with van der Waals surface area (Å²) in [5.74, 6) is 1.54. The number of amides is 1. The summed E-state index contributed by atoms with van der Waals surface area (Å²) in [7, 11) is 1.61. The number of methoxy groups -OCH3 is 1. The highest BCUT2D eigenvalue weighted by molar-refractivity contribution is 5.78. The Balaban J connectivity index is 1.95. The SMILES string of the molecule is COc1ccc(CC(=O)NCc2cnc(N)nc2NCC(C)(C)C)cc1. The molecule has 0 aliphatic rings. The fraction of sp³-hybridized carbons (Fsp3) is 0.421. The Labute approximate surface area is 154 Å². The average molecular weight is 357 g/mol. The van der Waals surface area contributed by atoms with Gasteiger partial charge >= 0.3 is 0 Å². The monoisotopic (exact) mass is 357 g/mol. The minimum absolute atomic E-state index is 0.0752. The Bertz CT molecular complexity index is 739. The molecular formula is C19H27N5O2. The van der Waals surface area contributed by atoms with E-state index in [1.165, 1.54) is 0 Å². The van der Waals surface area contributed by atoms with Gasteiger partial charge in [0.15, 0.2) is 0 Å². The number of rotatable bonds is 7. The number of hydrogen-bond donors (Lipinski definition) is 3. The maximum Gasteiger partial charge on any atom is 0.224 e. The Morgan fingerprint density at radius 3 is 2.54 bits per heavy atom. The normalized spacial score (nSPS) is 11.1. The molecule has 1 aromatic heterocycles. The van der Waals surface area contributed by atoms with Gasteiger partial charge in [0.1, 0.15) is 11.6 Å². The number of nitrogen functional groups attached to an aromatic ring is 1. The number of anilines is 2. The van der Waals surface area contributed by atoms with E-state index in [1.807, 2.05) is 24.3 Å². The molecule has 0 unspecified atom stereocenters. The summed E-state index contributed by atoms with van der Waals surface area (Å²) in [5, 5.41) is 6.19. The van der Waals surface area contributed by atoms with Crippen molar-refractivity contribution in [2.45, 2.75) is 33.7 Å². The summed E-state index contributed by atoms with van der Waals surface area (Å²) in [6.45, 7) is 7.44. The third-order valence-electron chi connectivity index (χ3n) is 3.67. The molecule has 0 bridgehead atoms. The third kappa shape index (κ3) is 6.23. The molecule has 0 saturated heterocycles. The quantitative estimate of drug-likeness (QED) is 0.703. The van der Waals surface area contributed by atoms with E-state index in [4.69, 9.17) is 10.5 Å². The van der Waals surface area contributed by atoms with Crippen LogP contribution in [0.25, 0.3) is 0 Å². The number of aromatic nitrogens is 2. The van der Waals surface area contributed by atoms with Gasteiger partial charge < -0.3 is 21.1 Å². The molecule has 1 aromatic carbocycles. The molecule has 7 heteroatoms. The van der Waals surface area contributed by atoms with Crippen LogP contribution < -0.4 is 21.1 Å². The number of ether oxygens (including phenoxy) is 1. The summed E-state index contributed by atoms with van der Waals surface area (Å²) >= 11 is 0. The molecule has 1 heterocycles. The predicted octanol–water partition coefficient (Wildman–Crippen LogP) is 2.38. The smallest absolute Gasteiger partial charge is 0.224 e. The van der Waals surface area contributed by atoms with E-state index in [0.29, 0.717) is 18.8 Å². The molecule has 0 atom stereocenters. The van der Waals surface area contributed by atoms with Gasteiger partial charge in [-0.05, 0) is 23.1 Å². The van der Waals surface area contributed by atoms with Gasteiger partial charge in [0.25, 0.3) is 0 Å². The van der Waals surface area contributed by atoms with Crippen molar-refractivity contribution >= 4 is 17.7 Å². The van der Waals surface area contributed by atoms with Crippen LogP contribution in [-0.2, 0) is 17.8 Å². The van der Waals surface area contributed by atoms with E-state index in [2.05, 4.69) is 41.4 Å². The van der Waals surface area contributed by atoms with Crippen molar-refractivity contribution in [3.05, 3.63) is 41.6 Å². The minimum Gasteiger partial charge on any atom is -0.497 e. The van der Waals surface area contributed by atoms with Crippen molar-refractivity contribution in [2.75, 3.05) is 24.7 Å². The minimum atomic E-state index is -0.0752. The summed E-state index contributed by atoms with van der Waals surface area (Å²) in [5.41, 5.74) is 7.50. The number of nitrogens with zero attached hydrogens (tertiary/aromatic N) is 2. The average Bonchev–Trinajstić information content (AvgIpc) is 2.59. The number of nitrogens with one attached hydrogen (secondary N) is 2. The highest BCUT2D eigenvalue weighted by Crippen LogP contribution is 2.18. The summed E-state index contributed by atoms with van der Waals surface area (Å²) < 4.78 is 5.12. The van der Waals surface area contributed by atoms with Crippen LogP contribution in [0.3, 0.4) is 0 Å². The van der Waals surface area contributed by atoms with Crippen LogP contribution in [0.15, 0.2) is 30.5 Å². The van der Waals surface area contributed by atoms with Crippen molar-refractivity contribution in [1.29, 1.82) is 0 Å². The molecule has 0 radical (unpaired) electrons. The number of nitrogens with two attached hydrogens (primary N) is 1. The van der Waals surface area contributed by atoms with Gasteiger partial charge in [-0.15, -0.1) is 0 Å². The molecule has 4 N–H and O–H groups in total. The van der Waals surface area contributed by atoms with Gasteiger partial charge in [0.05, 0.1) is 13.5 Å². The van der Waals surface area contributed by atoms with Crippen molar-refractivity contribution in [3.63, 3.8) is 0 Å². The Kier molecular flexibility index (Phi) is 6.38. The van der Waals surface area contributed by atoms with Gasteiger partial charge in [-0.25, -0.2) is 4.98 Å². The fourth-order valence-electron chi connectivity index (χ4n) is 2.24. The lowest BCUT2D eigenvalue weighted by Gasteiger charge is -2.20. The van der Waals surface area contributed by atoms with E-state index < -0.39 is 0 Å². The van der Waals surface area contributed by atoms with E-state index in [-0.39, 0.29) is 17.3 Å². The lowest BCUT2D eigenvalue weighted by Crippen LogP contribution is -2.26. The van der Waals surface area contributed by atoms with Gasteiger partial charge in [0.2, 0.25) is 11.9 Å². The molecule has 0 spiro atoms. The van der Waals surface area contributed by atoms with Gasteiger partial charge in [-0.1, -0.05) is 32.9 Å². The predicted molar refractivity (Wildman–Crippen MR) is 103 cm³/mol. The van der Waals surface area contributed by atoms with Crippen LogP contribution in [0.1, 0.15) is 31.9 Å². The molecule has 140 valence electrons. The zero-order valence-corrected chi connectivity index (χ0v) is 15.8. The molecule has 2 rings (SSSR count). The Morgan fingerprint density at radius 2 is 1.92 bits per heavy atom. The van der Waals surface area contributed by atoms with E-state index >= 15 is 0 Å². The van der Waals surface area contributed by atoms with Gasteiger partial charge in [-0.2, -0.15) is 4.98 Å². The lowest BCUT2D eigenvalue weighted by molar-refractivity contribution is -0.120. The zero-order valence-electron chi connectivity index (χ0n) is 15.8. The first-order chi connectivity index (χ1) is 12.3. The molecule has 0 aliphatic heterocycles. The standard InChI is InChI=1S/C19H27N5O2/c1-19(2,3)12-23-17-14(11-22-18(20)24-17)10-21-16(25)9-13-5-7-15(26-4)8-6-13/h5-8,11H,9-10,12H2,1-4H3,(H,21,25)(H3,20,22,23,24). The van der Waals surface area contributed by atoms with Crippen molar-refractivity contribution in [1.82, 2.24) is 15.3 Å². The van der Waals surface area contributed by atoms with E-state index in [1.54, 1.807) is 13.3 Å². The first kappa shape index (κ1) is 19.5. The van der Waals surface area contributed by atoms with Crippen LogP contribution in [-0.4, -0.2) is 29.5 Å². The highest BCUT2D eigenvalue weighted by atomic mass is 16.5. The van der Waals surface area contributed by atoms with Crippen molar-refractivity contribution < 1.29 is 9.53 Å². The van der Waals surface area contributed by atoms with Gasteiger partial charge in [0, 0.05) is 24.8 Å². The number of benzene rings is 1. The fourth-order valence-corrected chi connectivity index (χ4v) is 2.24. The van der Waals surface area contributed by atoms with Crippen molar-refractivity contribution in [3.8, 4) is 5.75 Å². The van der Waals surface area contributed by atoms with Crippen molar-refractivity contribution in [2.24, 2.45) is 5.41 Å². The van der Waals surface area contributed by atoms with Crippen LogP contribution in [0.4, 0.5) is 11.8 Å². The molecule has 0 fully saturated rings. The topological polar surface area (TPSA) is 102 Å². The maximum absolute atomic E-state index is 12.2. The first-order valence-corrected chi connectivity index (χ1v) is 8.52. The second-order valence-corrected chi connectivity index (χ2v) is 7.32. The zero-order chi connectivity index (χ0) is 19.2.